The van der Waals surface area contributed by atoms with E-state index in [1.165, 1.54) is 24.8 Å². The maximum absolute atomic E-state index is 4.74. The number of benzene rings is 1. The number of hydrazone groups is 1. The van der Waals surface area contributed by atoms with Crippen LogP contribution in [0.1, 0.15) is 24.8 Å². The van der Waals surface area contributed by atoms with E-state index in [1.54, 1.807) is 0 Å². The van der Waals surface area contributed by atoms with Gasteiger partial charge in [0.2, 0.25) is 0 Å². The molecule has 0 saturated carbocycles. The molecule has 1 fully saturated rings. The van der Waals surface area contributed by atoms with Crippen LogP contribution >= 0.6 is 31.9 Å². The third-order valence-electron chi connectivity index (χ3n) is 2.90. The Kier molecular flexibility index (Phi) is 5.04. The topological polar surface area (TPSA) is 15.6 Å². The lowest BCUT2D eigenvalue weighted by atomic mass is 10.1. The van der Waals surface area contributed by atoms with Crippen LogP contribution in [-0.4, -0.2) is 29.1 Å². The number of alkyl halides is 1. The summed E-state index contributed by atoms with van der Waals surface area (Å²) in [6.07, 6.45) is 3.87. The van der Waals surface area contributed by atoms with Gasteiger partial charge in [0.25, 0.3) is 0 Å². The van der Waals surface area contributed by atoms with Crippen LogP contribution in [0.25, 0.3) is 0 Å². The number of nitrogens with zero attached hydrogens (tertiary/aromatic N) is 2. The summed E-state index contributed by atoms with van der Waals surface area (Å²) in [6, 6.07) is 8.33. The minimum atomic E-state index is 0.797. The second-order valence-electron chi connectivity index (χ2n) is 4.20. The van der Waals surface area contributed by atoms with E-state index in [4.69, 9.17) is 5.10 Å². The van der Waals surface area contributed by atoms with E-state index >= 15 is 0 Å². The Labute approximate surface area is 119 Å². The van der Waals surface area contributed by atoms with Crippen LogP contribution in [0.3, 0.4) is 0 Å². The van der Waals surface area contributed by atoms with Crippen LogP contribution in [0.2, 0.25) is 0 Å². The Hall–Kier alpha value is -0.350. The monoisotopic (exact) mass is 358 g/mol. The van der Waals surface area contributed by atoms with E-state index in [0.717, 1.165) is 28.6 Å². The van der Waals surface area contributed by atoms with Gasteiger partial charge in [0, 0.05) is 22.9 Å². The average molecular weight is 360 g/mol. The SMILES string of the molecule is BrC/C(=N\N1CCCCC1)c1ccc(Br)cc1. The Morgan fingerprint density at radius 2 is 1.76 bits per heavy atom. The van der Waals surface area contributed by atoms with Crippen molar-refractivity contribution in [3.05, 3.63) is 34.3 Å². The van der Waals surface area contributed by atoms with Crippen molar-refractivity contribution in [2.75, 3.05) is 18.4 Å². The van der Waals surface area contributed by atoms with Gasteiger partial charge in [-0.05, 0) is 37.0 Å². The summed E-state index contributed by atoms with van der Waals surface area (Å²) in [5.41, 5.74) is 2.30. The molecule has 2 nitrogen and oxygen atoms in total. The fraction of sp³-hybridized carbons (Fsp3) is 0.462. The molecule has 0 amide bonds. The lowest BCUT2D eigenvalue weighted by molar-refractivity contribution is 0.239. The van der Waals surface area contributed by atoms with Gasteiger partial charge in [-0.2, -0.15) is 5.10 Å². The van der Waals surface area contributed by atoms with Gasteiger partial charge in [-0.15, -0.1) is 0 Å². The van der Waals surface area contributed by atoms with E-state index in [9.17, 15) is 0 Å². The van der Waals surface area contributed by atoms with Gasteiger partial charge in [-0.1, -0.05) is 44.0 Å². The highest BCUT2D eigenvalue weighted by Gasteiger charge is 2.09. The predicted octanol–water partition coefficient (Wildman–Crippen LogP) is 4.03. The lowest BCUT2D eigenvalue weighted by Crippen LogP contribution is -2.26. The molecule has 1 aromatic carbocycles. The van der Waals surface area contributed by atoms with Crippen LogP contribution in [0.5, 0.6) is 0 Å². The first-order valence-corrected chi connectivity index (χ1v) is 7.85. The molecule has 1 aliphatic heterocycles. The minimum absolute atomic E-state index is 0.797. The van der Waals surface area contributed by atoms with Crippen molar-refractivity contribution in [2.45, 2.75) is 19.3 Å². The molecule has 0 aliphatic carbocycles. The molecule has 0 unspecified atom stereocenters. The molecule has 1 aromatic rings. The van der Waals surface area contributed by atoms with Gasteiger partial charge in [-0.25, -0.2) is 0 Å². The van der Waals surface area contributed by atoms with Crippen molar-refractivity contribution in [3.8, 4) is 0 Å². The summed E-state index contributed by atoms with van der Waals surface area (Å²) in [4.78, 5) is 0. The maximum atomic E-state index is 4.74. The molecule has 0 atom stereocenters. The Bertz CT molecular complexity index is 381. The quantitative estimate of drug-likeness (QED) is 0.587. The standard InChI is InChI=1S/C13H16Br2N2/c14-10-13(11-4-6-12(15)7-5-11)16-17-8-2-1-3-9-17/h4-7H,1-3,8-10H2/b16-13+. The molecule has 2 rings (SSSR count). The van der Waals surface area contributed by atoms with Gasteiger partial charge < -0.3 is 0 Å². The summed E-state index contributed by atoms with van der Waals surface area (Å²) >= 11 is 6.98. The third-order valence-corrected chi connectivity index (χ3v) is 3.96. The normalized spacial score (nSPS) is 17.3. The van der Waals surface area contributed by atoms with Gasteiger partial charge in [0.15, 0.2) is 0 Å². The third kappa shape index (κ3) is 3.81. The highest BCUT2D eigenvalue weighted by molar-refractivity contribution is 9.10. The summed E-state index contributed by atoms with van der Waals surface area (Å²) in [6.45, 7) is 2.18. The van der Waals surface area contributed by atoms with Crippen LogP contribution in [0, 0.1) is 0 Å². The summed E-state index contributed by atoms with van der Waals surface area (Å²) in [7, 11) is 0. The first-order valence-electron chi connectivity index (χ1n) is 5.94. The lowest BCUT2D eigenvalue weighted by Gasteiger charge is -2.24. The van der Waals surface area contributed by atoms with Gasteiger partial charge in [0.1, 0.15) is 0 Å². The highest BCUT2D eigenvalue weighted by atomic mass is 79.9. The highest BCUT2D eigenvalue weighted by Crippen LogP contribution is 2.14. The van der Waals surface area contributed by atoms with E-state index < -0.39 is 0 Å². The average Bonchev–Trinajstić information content (AvgIpc) is 2.38. The van der Waals surface area contributed by atoms with E-state index in [2.05, 4.69) is 61.1 Å². The number of piperidine rings is 1. The number of rotatable bonds is 3. The molecule has 4 heteroatoms. The largest absolute Gasteiger partial charge is 0.297 e. The number of hydrogen-bond donors (Lipinski definition) is 0. The van der Waals surface area contributed by atoms with Gasteiger partial charge in [0.05, 0.1) is 5.71 Å². The zero-order valence-corrected chi connectivity index (χ0v) is 12.9. The zero-order valence-electron chi connectivity index (χ0n) is 9.70. The molecule has 0 spiro atoms. The molecule has 1 heterocycles. The van der Waals surface area contributed by atoms with E-state index in [1.807, 2.05) is 0 Å². The molecule has 17 heavy (non-hydrogen) atoms. The zero-order chi connectivity index (χ0) is 12.1. The van der Waals surface area contributed by atoms with Crippen molar-refractivity contribution < 1.29 is 0 Å². The van der Waals surface area contributed by atoms with E-state index in [0.29, 0.717) is 0 Å². The van der Waals surface area contributed by atoms with Crippen molar-refractivity contribution in [3.63, 3.8) is 0 Å². The molecule has 0 radical (unpaired) electrons. The smallest absolute Gasteiger partial charge is 0.0782 e. The van der Waals surface area contributed by atoms with Crippen molar-refractivity contribution in [1.29, 1.82) is 0 Å². The molecule has 0 aromatic heterocycles. The van der Waals surface area contributed by atoms with E-state index in [-0.39, 0.29) is 0 Å². The second kappa shape index (κ2) is 6.55. The molecule has 0 bridgehead atoms. The first kappa shape index (κ1) is 13.1. The van der Waals surface area contributed by atoms with Crippen LogP contribution in [0.4, 0.5) is 0 Å². The molecular weight excluding hydrogens is 344 g/mol. The summed E-state index contributed by atoms with van der Waals surface area (Å²) < 4.78 is 1.10. The number of hydrogen-bond acceptors (Lipinski definition) is 2. The summed E-state index contributed by atoms with van der Waals surface area (Å²) in [5, 5.41) is 7.74. The fourth-order valence-electron chi connectivity index (χ4n) is 1.95. The maximum Gasteiger partial charge on any atom is 0.0782 e. The van der Waals surface area contributed by atoms with Crippen LogP contribution in [-0.2, 0) is 0 Å². The molecule has 1 aliphatic rings. The van der Waals surface area contributed by atoms with Crippen molar-refractivity contribution in [2.24, 2.45) is 5.10 Å². The number of halogens is 2. The Balaban J connectivity index is 2.14. The minimum Gasteiger partial charge on any atom is -0.297 e. The van der Waals surface area contributed by atoms with Crippen LogP contribution in [0.15, 0.2) is 33.8 Å². The van der Waals surface area contributed by atoms with Crippen molar-refractivity contribution in [1.82, 2.24) is 5.01 Å². The molecule has 1 saturated heterocycles. The molecular formula is C13H16Br2N2. The van der Waals surface area contributed by atoms with Gasteiger partial charge >= 0.3 is 0 Å². The Morgan fingerprint density at radius 3 is 2.35 bits per heavy atom. The van der Waals surface area contributed by atoms with Crippen molar-refractivity contribution >= 4 is 37.6 Å². The fourth-order valence-corrected chi connectivity index (χ4v) is 2.65. The predicted molar refractivity (Wildman–Crippen MR) is 79.9 cm³/mol. The summed E-state index contributed by atoms with van der Waals surface area (Å²) in [5.74, 6) is 0. The molecule has 0 N–H and O–H groups in total. The molecule has 92 valence electrons. The van der Waals surface area contributed by atoms with Crippen LogP contribution < -0.4 is 0 Å². The Morgan fingerprint density at radius 1 is 1.12 bits per heavy atom. The van der Waals surface area contributed by atoms with Gasteiger partial charge in [-0.3, -0.25) is 5.01 Å². The second-order valence-corrected chi connectivity index (χ2v) is 5.68. The first-order chi connectivity index (χ1) is 8.29.